The normalized spacial score (nSPS) is 21.9. The number of nitrogens with zero attached hydrogens (tertiary/aromatic N) is 2. The molecule has 2 amide bonds. The van der Waals surface area contributed by atoms with Crippen LogP contribution in [0.1, 0.15) is 11.1 Å². The molecule has 2 aliphatic heterocycles. The fourth-order valence-electron chi connectivity index (χ4n) is 3.18. The van der Waals surface area contributed by atoms with Gasteiger partial charge in [0.15, 0.2) is 0 Å². The van der Waals surface area contributed by atoms with Crippen LogP contribution in [0.5, 0.6) is 0 Å². The van der Waals surface area contributed by atoms with Crippen molar-refractivity contribution in [3.63, 3.8) is 0 Å². The summed E-state index contributed by atoms with van der Waals surface area (Å²) in [5, 5.41) is 3.72. The average molecular weight is 378 g/mol. The minimum atomic E-state index is -4.75. The number of rotatable bonds is 2. The molecule has 5 nitrogen and oxygen atoms in total. The molecule has 0 aromatic heterocycles. The fraction of sp³-hybridized carbons (Fsp3) is 0.167. The van der Waals surface area contributed by atoms with Crippen LogP contribution < -0.4 is 4.90 Å². The number of alkyl halides is 3. The molecule has 0 saturated carbocycles. The Hall–Kier alpha value is -3.23. The summed E-state index contributed by atoms with van der Waals surface area (Å²) in [5.74, 6) is -3.50. The maximum absolute atomic E-state index is 13.3. The number of halogens is 4. The molecule has 0 aliphatic carbocycles. The molecule has 0 N–H and O–H groups in total. The Bertz CT molecular complexity index is 969. The van der Waals surface area contributed by atoms with E-state index in [2.05, 4.69) is 5.16 Å². The first kappa shape index (κ1) is 17.2. The van der Waals surface area contributed by atoms with Crippen LogP contribution in [-0.2, 0) is 20.6 Å². The van der Waals surface area contributed by atoms with Crippen LogP contribution in [0.3, 0.4) is 0 Å². The van der Waals surface area contributed by atoms with Gasteiger partial charge < -0.3 is 4.84 Å². The predicted molar refractivity (Wildman–Crippen MR) is 85.2 cm³/mol. The van der Waals surface area contributed by atoms with E-state index < -0.39 is 47.1 Å². The van der Waals surface area contributed by atoms with Crippen molar-refractivity contribution in [3.8, 4) is 0 Å². The number of para-hydroxylation sites is 1. The van der Waals surface area contributed by atoms with Gasteiger partial charge in [0.2, 0.25) is 12.0 Å². The molecule has 4 rings (SSSR count). The van der Waals surface area contributed by atoms with Crippen molar-refractivity contribution < 1.29 is 32.0 Å². The highest BCUT2D eigenvalue weighted by Crippen LogP contribution is 2.41. The molecule has 0 unspecified atom stereocenters. The van der Waals surface area contributed by atoms with E-state index in [4.69, 9.17) is 4.84 Å². The summed E-state index contributed by atoms with van der Waals surface area (Å²) >= 11 is 0. The SMILES string of the molecule is O=C1[C@H]2C(c3ccc(F)cc3)=NO[C@@H]2C(=O)N1c1ccccc1C(F)(F)F. The van der Waals surface area contributed by atoms with Crippen LogP contribution in [0, 0.1) is 11.7 Å². The minimum Gasteiger partial charge on any atom is -0.381 e. The van der Waals surface area contributed by atoms with Crippen molar-refractivity contribution >= 4 is 23.2 Å². The van der Waals surface area contributed by atoms with Gasteiger partial charge in [-0.15, -0.1) is 0 Å². The van der Waals surface area contributed by atoms with Crippen molar-refractivity contribution in [2.45, 2.75) is 12.3 Å². The Kier molecular flexibility index (Phi) is 3.76. The van der Waals surface area contributed by atoms with Crippen LogP contribution >= 0.6 is 0 Å². The lowest BCUT2D eigenvalue weighted by atomic mass is 9.94. The summed E-state index contributed by atoms with van der Waals surface area (Å²) in [6, 6.07) is 9.30. The van der Waals surface area contributed by atoms with Gasteiger partial charge in [-0.2, -0.15) is 13.2 Å². The maximum Gasteiger partial charge on any atom is 0.418 e. The van der Waals surface area contributed by atoms with Gasteiger partial charge in [-0.3, -0.25) is 9.59 Å². The molecule has 0 bridgehead atoms. The van der Waals surface area contributed by atoms with Gasteiger partial charge in [-0.05, 0) is 24.3 Å². The van der Waals surface area contributed by atoms with E-state index in [1.54, 1.807) is 0 Å². The molecule has 1 fully saturated rings. The van der Waals surface area contributed by atoms with Gasteiger partial charge in [-0.25, -0.2) is 9.29 Å². The van der Waals surface area contributed by atoms with Crippen molar-refractivity contribution in [1.82, 2.24) is 0 Å². The number of anilines is 1. The van der Waals surface area contributed by atoms with Crippen molar-refractivity contribution in [2.75, 3.05) is 4.90 Å². The zero-order valence-electron chi connectivity index (χ0n) is 13.4. The van der Waals surface area contributed by atoms with Gasteiger partial charge in [0.25, 0.3) is 5.91 Å². The van der Waals surface area contributed by atoms with E-state index >= 15 is 0 Å². The molecular formula is C18H10F4N2O3. The van der Waals surface area contributed by atoms with E-state index in [0.717, 1.165) is 24.3 Å². The Labute approximate surface area is 149 Å². The highest BCUT2D eigenvalue weighted by molar-refractivity contribution is 6.32. The number of carbonyl (C=O) groups is 2. The van der Waals surface area contributed by atoms with Gasteiger partial charge in [0, 0.05) is 5.56 Å². The first-order valence-electron chi connectivity index (χ1n) is 7.82. The number of imide groups is 1. The average Bonchev–Trinajstić information content (AvgIpc) is 3.16. The third-order valence-corrected chi connectivity index (χ3v) is 4.40. The lowest BCUT2D eigenvalue weighted by molar-refractivity contribution is -0.137. The van der Waals surface area contributed by atoms with Gasteiger partial charge >= 0.3 is 6.18 Å². The van der Waals surface area contributed by atoms with Crippen LogP contribution in [0.2, 0.25) is 0 Å². The quantitative estimate of drug-likeness (QED) is 0.596. The van der Waals surface area contributed by atoms with Crippen molar-refractivity contribution in [2.24, 2.45) is 11.1 Å². The Morgan fingerprint density at radius 3 is 2.30 bits per heavy atom. The van der Waals surface area contributed by atoms with Gasteiger partial charge in [-0.1, -0.05) is 29.4 Å². The largest absolute Gasteiger partial charge is 0.418 e. The van der Waals surface area contributed by atoms with Gasteiger partial charge in [0.05, 0.1) is 11.3 Å². The molecule has 9 heteroatoms. The van der Waals surface area contributed by atoms with E-state index in [1.807, 2.05) is 0 Å². The monoisotopic (exact) mass is 378 g/mol. The Morgan fingerprint density at radius 2 is 1.63 bits per heavy atom. The summed E-state index contributed by atoms with van der Waals surface area (Å²) in [7, 11) is 0. The lowest BCUT2D eigenvalue weighted by Gasteiger charge is -2.20. The number of hydrogen-bond donors (Lipinski definition) is 0. The van der Waals surface area contributed by atoms with Crippen LogP contribution in [0.4, 0.5) is 23.2 Å². The third-order valence-electron chi connectivity index (χ3n) is 4.40. The summed E-state index contributed by atoms with van der Waals surface area (Å²) in [4.78, 5) is 30.9. The molecular weight excluding hydrogens is 368 g/mol. The summed E-state index contributed by atoms with van der Waals surface area (Å²) < 4.78 is 53.0. The van der Waals surface area contributed by atoms with E-state index in [9.17, 15) is 27.2 Å². The number of fused-ring (bicyclic) bond motifs is 1. The molecule has 2 aliphatic rings. The van der Waals surface area contributed by atoms with E-state index in [0.29, 0.717) is 10.5 Å². The summed E-state index contributed by atoms with van der Waals surface area (Å²) in [5.41, 5.74) is -1.25. The molecule has 2 aromatic carbocycles. The standard InChI is InChI=1S/C18H10F4N2O3/c19-10-7-5-9(6-8-10)14-13-15(27-23-14)17(26)24(16(13)25)12-4-2-1-3-11(12)18(20,21)22/h1-8,13,15H/t13-,15-/m0/s1. The van der Waals surface area contributed by atoms with Crippen molar-refractivity contribution in [3.05, 3.63) is 65.5 Å². The number of hydrogen-bond acceptors (Lipinski definition) is 4. The van der Waals surface area contributed by atoms with Gasteiger partial charge in [0.1, 0.15) is 17.4 Å². The molecule has 138 valence electrons. The topological polar surface area (TPSA) is 59.0 Å². The van der Waals surface area contributed by atoms with E-state index in [1.165, 1.54) is 24.3 Å². The minimum absolute atomic E-state index is 0.0744. The number of benzene rings is 2. The Balaban J connectivity index is 1.74. The fourth-order valence-corrected chi connectivity index (χ4v) is 3.18. The lowest BCUT2D eigenvalue weighted by Crippen LogP contribution is -2.34. The number of amides is 2. The molecule has 2 aromatic rings. The first-order valence-corrected chi connectivity index (χ1v) is 7.82. The second-order valence-electron chi connectivity index (χ2n) is 6.01. The highest BCUT2D eigenvalue weighted by atomic mass is 19.4. The smallest absolute Gasteiger partial charge is 0.381 e. The van der Waals surface area contributed by atoms with Crippen LogP contribution in [-0.4, -0.2) is 23.6 Å². The number of oxime groups is 1. The second kappa shape index (κ2) is 5.90. The number of carbonyl (C=O) groups excluding carboxylic acids is 2. The van der Waals surface area contributed by atoms with Crippen LogP contribution in [0.25, 0.3) is 0 Å². The predicted octanol–water partition coefficient (Wildman–Crippen LogP) is 3.14. The maximum atomic E-state index is 13.3. The Morgan fingerprint density at radius 1 is 0.963 bits per heavy atom. The third kappa shape index (κ3) is 2.66. The molecule has 1 saturated heterocycles. The van der Waals surface area contributed by atoms with Crippen LogP contribution in [0.15, 0.2) is 53.7 Å². The van der Waals surface area contributed by atoms with Crippen molar-refractivity contribution in [1.29, 1.82) is 0 Å². The zero-order valence-corrected chi connectivity index (χ0v) is 13.4. The summed E-state index contributed by atoms with van der Waals surface area (Å²) in [6.07, 6.45) is -6.09. The van der Waals surface area contributed by atoms with E-state index in [-0.39, 0.29) is 5.71 Å². The molecule has 2 atom stereocenters. The zero-order chi connectivity index (χ0) is 19.3. The second-order valence-corrected chi connectivity index (χ2v) is 6.01. The molecule has 2 heterocycles. The first-order chi connectivity index (χ1) is 12.8. The molecule has 0 spiro atoms. The molecule has 0 radical (unpaired) electrons. The summed E-state index contributed by atoms with van der Waals surface area (Å²) in [6.45, 7) is 0. The molecule has 27 heavy (non-hydrogen) atoms. The highest BCUT2D eigenvalue weighted by Gasteiger charge is 2.57.